The van der Waals surface area contributed by atoms with Crippen molar-refractivity contribution in [3.8, 4) is 0 Å². The molecule has 8 heteroatoms. The highest BCUT2D eigenvalue weighted by molar-refractivity contribution is 7.89. The summed E-state index contributed by atoms with van der Waals surface area (Å²) in [4.78, 5) is 10.0. The molecule has 0 saturated carbocycles. The summed E-state index contributed by atoms with van der Waals surface area (Å²) in [6, 6.07) is 4.45. The summed E-state index contributed by atoms with van der Waals surface area (Å²) in [6.07, 6.45) is 0.618. The van der Waals surface area contributed by atoms with Crippen molar-refractivity contribution in [2.75, 3.05) is 6.54 Å². The third-order valence-electron chi connectivity index (χ3n) is 3.41. The van der Waals surface area contributed by atoms with Gasteiger partial charge in [-0.05, 0) is 25.5 Å². The third kappa shape index (κ3) is 2.46. The summed E-state index contributed by atoms with van der Waals surface area (Å²) in [5.41, 5.74) is 5.68. The molecule has 1 aromatic rings. The van der Waals surface area contributed by atoms with Crippen LogP contribution in [-0.2, 0) is 10.0 Å². The van der Waals surface area contributed by atoms with Crippen LogP contribution >= 0.6 is 0 Å². The van der Waals surface area contributed by atoms with E-state index in [9.17, 15) is 18.5 Å². The van der Waals surface area contributed by atoms with Gasteiger partial charge >= 0.3 is 0 Å². The quantitative estimate of drug-likeness (QED) is 0.650. The molecule has 1 aliphatic rings. The van der Waals surface area contributed by atoms with Crippen molar-refractivity contribution in [3.63, 3.8) is 0 Å². The van der Waals surface area contributed by atoms with Crippen LogP contribution in [0.3, 0.4) is 0 Å². The summed E-state index contributed by atoms with van der Waals surface area (Å²) in [5, 5.41) is 10.5. The van der Waals surface area contributed by atoms with Crippen LogP contribution in [-0.4, -0.2) is 36.3 Å². The molecule has 0 spiro atoms. The first-order chi connectivity index (χ1) is 8.84. The highest BCUT2D eigenvalue weighted by Gasteiger charge is 2.37. The van der Waals surface area contributed by atoms with E-state index in [1.165, 1.54) is 28.6 Å². The van der Waals surface area contributed by atoms with Crippen LogP contribution in [0.2, 0.25) is 0 Å². The number of nitro groups is 1. The van der Waals surface area contributed by atoms with E-state index in [1.54, 1.807) is 6.92 Å². The minimum atomic E-state index is -3.63. The van der Waals surface area contributed by atoms with Crippen molar-refractivity contribution in [3.05, 3.63) is 34.4 Å². The van der Waals surface area contributed by atoms with E-state index in [4.69, 9.17) is 5.73 Å². The lowest BCUT2D eigenvalue weighted by Crippen LogP contribution is -2.40. The molecule has 0 bridgehead atoms. The lowest BCUT2D eigenvalue weighted by atomic mass is 10.2. The number of benzene rings is 1. The first kappa shape index (κ1) is 13.9. The minimum absolute atomic E-state index is 0.0547. The molecule has 2 N–H and O–H groups in total. The molecule has 7 nitrogen and oxygen atoms in total. The Balaban J connectivity index is 2.32. The fourth-order valence-corrected chi connectivity index (χ4v) is 3.84. The van der Waals surface area contributed by atoms with Crippen molar-refractivity contribution in [2.24, 2.45) is 5.73 Å². The Morgan fingerprint density at radius 1 is 1.37 bits per heavy atom. The molecule has 19 heavy (non-hydrogen) atoms. The van der Waals surface area contributed by atoms with Gasteiger partial charge in [-0.3, -0.25) is 10.1 Å². The summed E-state index contributed by atoms with van der Waals surface area (Å²) in [7, 11) is -3.63. The molecule has 1 heterocycles. The first-order valence-corrected chi connectivity index (χ1v) is 7.30. The van der Waals surface area contributed by atoms with Crippen molar-refractivity contribution >= 4 is 15.7 Å². The van der Waals surface area contributed by atoms with E-state index in [2.05, 4.69) is 0 Å². The van der Waals surface area contributed by atoms with Crippen LogP contribution in [0, 0.1) is 10.1 Å². The second kappa shape index (κ2) is 4.87. The van der Waals surface area contributed by atoms with Gasteiger partial charge in [-0.1, -0.05) is 0 Å². The van der Waals surface area contributed by atoms with Gasteiger partial charge in [0.25, 0.3) is 5.69 Å². The fourth-order valence-electron chi connectivity index (χ4n) is 2.15. The maximum absolute atomic E-state index is 12.4. The molecule has 2 atom stereocenters. The Kier molecular flexibility index (Phi) is 3.57. The predicted octanol–water partition coefficient (Wildman–Crippen LogP) is 0.705. The predicted molar refractivity (Wildman–Crippen MR) is 69.0 cm³/mol. The lowest BCUT2D eigenvalue weighted by molar-refractivity contribution is -0.384. The number of nitro benzene ring substituents is 1. The van der Waals surface area contributed by atoms with Gasteiger partial charge in [-0.2, -0.15) is 4.31 Å². The van der Waals surface area contributed by atoms with E-state index in [0.717, 1.165) is 0 Å². The number of nitrogens with two attached hydrogens (primary N) is 1. The normalized spacial score (nSPS) is 24.5. The van der Waals surface area contributed by atoms with Crippen LogP contribution in [0.4, 0.5) is 5.69 Å². The van der Waals surface area contributed by atoms with Crippen LogP contribution in [0.1, 0.15) is 13.3 Å². The highest BCUT2D eigenvalue weighted by atomic mass is 32.2. The second-order valence-corrected chi connectivity index (χ2v) is 6.45. The molecule has 2 rings (SSSR count). The lowest BCUT2D eigenvalue weighted by Gasteiger charge is -2.22. The van der Waals surface area contributed by atoms with E-state index in [0.29, 0.717) is 13.0 Å². The number of nitrogens with zero attached hydrogens (tertiary/aromatic N) is 2. The number of non-ortho nitro benzene ring substituents is 1. The smallest absolute Gasteiger partial charge is 0.269 e. The van der Waals surface area contributed by atoms with Gasteiger partial charge in [0, 0.05) is 30.8 Å². The third-order valence-corrected chi connectivity index (χ3v) is 5.41. The average Bonchev–Trinajstić information content (AvgIpc) is 2.70. The molecule has 1 aromatic carbocycles. The molecule has 2 unspecified atom stereocenters. The van der Waals surface area contributed by atoms with Crippen LogP contribution in [0.25, 0.3) is 0 Å². The number of rotatable bonds is 3. The van der Waals surface area contributed by atoms with E-state index in [1.807, 2.05) is 0 Å². The maximum Gasteiger partial charge on any atom is 0.269 e. The van der Waals surface area contributed by atoms with E-state index < -0.39 is 14.9 Å². The van der Waals surface area contributed by atoms with Gasteiger partial charge in [0.15, 0.2) is 0 Å². The first-order valence-electron chi connectivity index (χ1n) is 5.86. The monoisotopic (exact) mass is 285 g/mol. The average molecular weight is 285 g/mol. The molecule has 1 fully saturated rings. The summed E-state index contributed by atoms with van der Waals surface area (Å²) in [6.45, 7) is 2.14. The van der Waals surface area contributed by atoms with Crippen molar-refractivity contribution in [1.82, 2.24) is 4.31 Å². The van der Waals surface area contributed by atoms with Gasteiger partial charge in [0.05, 0.1) is 9.82 Å². The Morgan fingerprint density at radius 2 is 1.95 bits per heavy atom. The highest BCUT2D eigenvalue weighted by Crippen LogP contribution is 2.26. The SMILES string of the molecule is CC1C(N)CCN1S(=O)(=O)c1ccc([N+](=O)[O-])cc1. The number of sulfonamides is 1. The Morgan fingerprint density at radius 3 is 2.37 bits per heavy atom. The standard InChI is InChI=1S/C11H15N3O4S/c1-8-11(12)6-7-13(8)19(17,18)10-4-2-9(3-5-10)14(15)16/h2-5,8,11H,6-7,12H2,1H3. The number of hydrogen-bond acceptors (Lipinski definition) is 5. The molecular formula is C11H15N3O4S. The fraction of sp³-hybridized carbons (Fsp3) is 0.455. The molecule has 0 aromatic heterocycles. The Labute approximate surface area is 111 Å². The topological polar surface area (TPSA) is 107 Å². The second-order valence-electron chi connectivity index (χ2n) is 4.56. The molecule has 0 amide bonds. The van der Waals surface area contributed by atoms with Crippen LogP contribution < -0.4 is 5.73 Å². The largest absolute Gasteiger partial charge is 0.326 e. The Bertz CT molecular complexity index is 584. The summed E-state index contributed by atoms with van der Waals surface area (Å²) >= 11 is 0. The van der Waals surface area contributed by atoms with Gasteiger partial charge < -0.3 is 5.73 Å². The molecule has 0 radical (unpaired) electrons. The zero-order valence-electron chi connectivity index (χ0n) is 10.4. The molecule has 0 aliphatic carbocycles. The van der Waals surface area contributed by atoms with E-state index >= 15 is 0 Å². The zero-order chi connectivity index (χ0) is 14.2. The molecule has 104 valence electrons. The van der Waals surface area contributed by atoms with Gasteiger partial charge in [0.1, 0.15) is 0 Å². The van der Waals surface area contributed by atoms with Crippen LogP contribution in [0.5, 0.6) is 0 Å². The summed E-state index contributed by atoms with van der Waals surface area (Å²) in [5.74, 6) is 0. The van der Waals surface area contributed by atoms with Gasteiger partial charge in [-0.15, -0.1) is 0 Å². The van der Waals surface area contributed by atoms with Crippen LogP contribution in [0.15, 0.2) is 29.2 Å². The summed E-state index contributed by atoms with van der Waals surface area (Å²) < 4.78 is 26.1. The zero-order valence-corrected chi connectivity index (χ0v) is 11.2. The molecular weight excluding hydrogens is 270 g/mol. The van der Waals surface area contributed by atoms with Crippen molar-refractivity contribution in [1.29, 1.82) is 0 Å². The maximum atomic E-state index is 12.4. The molecule has 1 saturated heterocycles. The van der Waals surface area contributed by atoms with Crippen molar-refractivity contribution in [2.45, 2.75) is 30.3 Å². The van der Waals surface area contributed by atoms with E-state index in [-0.39, 0.29) is 22.7 Å². The van der Waals surface area contributed by atoms with Crippen molar-refractivity contribution < 1.29 is 13.3 Å². The van der Waals surface area contributed by atoms with Gasteiger partial charge in [0.2, 0.25) is 10.0 Å². The molecule has 1 aliphatic heterocycles. The van der Waals surface area contributed by atoms with Gasteiger partial charge in [-0.25, -0.2) is 8.42 Å². The Hall–Kier alpha value is -1.51. The number of hydrogen-bond donors (Lipinski definition) is 1. The minimum Gasteiger partial charge on any atom is -0.326 e.